The number of ether oxygens (including phenoxy) is 2. The van der Waals surface area contributed by atoms with Gasteiger partial charge in [0.15, 0.2) is 5.88 Å². The van der Waals surface area contributed by atoms with E-state index in [-0.39, 0.29) is 17.9 Å². The monoisotopic (exact) mass is 404 g/mol. The van der Waals surface area contributed by atoms with Gasteiger partial charge in [-0.25, -0.2) is 9.18 Å². The molecular formula is C21H29FN4O3. The number of rotatable bonds is 5. The Hall–Kier alpha value is -3.03. The Morgan fingerprint density at radius 1 is 1.41 bits per heavy atom. The Balaban J connectivity index is 2.11. The van der Waals surface area contributed by atoms with E-state index in [0.29, 0.717) is 37.2 Å². The number of carbonyl (C=O) groups excluding carboxylic acids is 1. The summed E-state index contributed by atoms with van der Waals surface area (Å²) in [7, 11) is 0. The molecule has 1 aliphatic heterocycles. The summed E-state index contributed by atoms with van der Waals surface area (Å²) in [6.07, 6.45) is 2.00. The van der Waals surface area contributed by atoms with Gasteiger partial charge in [-0.15, -0.1) is 5.10 Å². The first kappa shape index (κ1) is 22.3. The van der Waals surface area contributed by atoms with Crippen molar-refractivity contribution in [2.24, 2.45) is 10.9 Å². The van der Waals surface area contributed by atoms with Crippen LogP contribution in [0.1, 0.15) is 45.2 Å². The van der Waals surface area contributed by atoms with Gasteiger partial charge in [0.05, 0.1) is 0 Å². The Kier molecular flexibility index (Phi) is 7.25. The number of nitrogens with one attached hydrogen (secondary N) is 1. The largest absolute Gasteiger partial charge is 0.444 e. The van der Waals surface area contributed by atoms with Crippen molar-refractivity contribution in [3.63, 3.8) is 0 Å². The van der Waals surface area contributed by atoms with Crippen LogP contribution < -0.4 is 11.2 Å². The molecular weight excluding hydrogens is 375 g/mol. The number of hydrogen-bond acceptors (Lipinski definition) is 6. The molecule has 1 amide bonds. The Bertz CT molecular complexity index is 828. The number of benzene rings is 1. The van der Waals surface area contributed by atoms with E-state index in [4.69, 9.17) is 15.3 Å². The highest BCUT2D eigenvalue weighted by Crippen LogP contribution is 2.26. The fraction of sp³-hybridized carbons (Fsp3) is 0.429. The van der Waals surface area contributed by atoms with Crippen LogP contribution in [0.25, 0.3) is 5.57 Å². The number of nitrogens with two attached hydrogens (primary N) is 1. The van der Waals surface area contributed by atoms with E-state index >= 15 is 0 Å². The number of hydrazone groups is 1. The normalized spacial score (nSPS) is 14.9. The minimum absolute atomic E-state index is 0.0649. The second kappa shape index (κ2) is 9.45. The van der Waals surface area contributed by atoms with Crippen LogP contribution in [0.5, 0.6) is 0 Å². The number of halogens is 1. The van der Waals surface area contributed by atoms with Gasteiger partial charge in [-0.05, 0) is 58.4 Å². The Labute approximate surface area is 171 Å². The van der Waals surface area contributed by atoms with Crippen molar-refractivity contribution in [2.75, 3.05) is 19.6 Å². The zero-order chi connectivity index (χ0) is 21.6. The molecule has 0 atom stereocenters. The minimum Gasteiger partial charge on any atom is -0.444 e. The number of carbonyl (C=O) groups is 1. The predicted molar refractivity (Wildman–Crippen MR) is 111 cm³/mol. The fourth-order valence-corrected chi connectivity index (χ4v) is 2.82. The molecule has 0 spiro atoms. The van der Waals surface area contributed by atoms with Crippen molar-refractivity contribution in [3.05, 3.63) is 53.7 Å². The molecule has 158 valence electrons. The van der Waals surface area contributed by atoms with Crippen LogP contribution >= 0.6 is 0 Å². The molecule has 0 aromatic heterocycles. The quantitative estimate of drug-likeness (QED) is 0.257. The van der Waals surface area contributed by atoms with Crippen LogP contribution in [0.15, 0.2) is 41.8 Å². The van der Waals surface area contributed by atoms with Crippen molar-refractivity contribution in [2.45, 2.75) is 39.7 Å². The van der Waals surface area contributed by atoms with E-state index < -0.39 is 11.4 Å². The molecule has 7 nitrogen and oxygen atoms in total. The Morgan fingerprint density at radius 3 is 2.66 bits per heavy atom. The maximum atomic E-state index is 14.8. The second-order valence-electron chi connectivity index (χ2n) is 7.59. The molecule has 29 heavy (non-hydrogen) atoms. The molecule has 0 bridgehead atoms. The molecule has 1 aliphatic rings. The first-order valence-corrected chi connectivity index (χ1v) is 9.50. The molecule has 0 unspecified atom stereocenters. The van der Waals surface area contributed by atoms with Crippen LogP contribution in [-0.2, 0) is 9.47 Å². The third kappa shape index (κ3) is 6.23. The molecule has 0 aliphatic carbocycles. The summed E-state index contributed by atoms with van der Waals surface area (Å²) in [6.45, 7) is 12.5. The van der Waals surface area contributed by atoms with Crippen molar-refractivity contribution >= 4 is 17.6 Å². The van der Waals surface area contributed by atoms with E-state index in [2.05, 4.69) is 17.0 Å². The van der Waals surface area contributed by atoms with Gasteiger partial charge in [0, 0.05) is 30.8 Å². The van der Waals surface area contributed by atoms with E-state index in [1.165, 1.54) is 6.07 Å². The van der Waals surface area contributed by atoms with Gasteiger partial charge >= 0.3 is 6.09 Å². The van der Waals surface area contributed by atoms with E-state index in [1.807, 2.05) is 33.8 Å². The fourth-order valence-electron chi connectivity index (χ4n) is 2.82. The molecule has 1 aromatic carbocycles. The van der Waals surface area contributed by atoms with Crippen LogP contribution in [0.4, 0.5) is 9.18 Å². The molecule has 8 heteroatoms. The molecule has 0 saturated heterocycles. The molecule has 1 heterocycles. The average molecular weight is 404 g/mol. The highest BCUT2D eigenvalue weighted by atomic mass is 19.1. The first-order chi connectivity index (χ1) is 13.6. The summed E-state index contributed by atoms with van der Waals surface area (Å²) in [5.41, 5.74) is 1.16. The summed E-state index contributed by atoms with van der Waals surface area (Å²) in [5, 5.41) is 6.46. The highest BCUT2D eigenvalue weighted by Gasteiger charge is 2.24. The van der Waals surface area contributed by atoms with Crippen molar-refractivity contribution < 1.29 is 18.7 Å². The van der Waals surface area contributed by atoms with Crippen LogP contribution in [0.2, 0.25) is 0 Å². The zero-order valence-electron chi connectivity index (χ0n) is 17.4. The maximum Gasteiger partial charge on any atom is 0.410 e. The number of hydrogen-bond donors (Lipinski definition) is 2. The van der Waals surface area contributed by atoms with E-state index in [9.17, 15) is 9.18 Å². The van der Waals surface area contributed by atoms with Crippen LogP contribution in [0, 0.1) is 5.82 Å². The van der Waals surface area contributed by atoms with Gasteiger partial charge in [-0.1, -0.05) is 12.1 Å². The summed E-state index contributed by atoms with van der Waals surface area (Å²) in [6, 6.07) is 4.66. The van der Waals surface area contributed by atoms with Crippen LogP contribution in [-0.4, -0.2) is 42.1 Å². The molecule has 2 rings (SSSR count). The van der Waals surface area contributed by atoms with Gasteiger partial charge in [-0.2, -0.15) is 0 Å². The molecule has 0 saturated carbocycles. The summed E-state index contributed by atoms with van der Waals surface area (Å²) < 4.78 is 25.6. The molecule has 1 aromatic rings. The van der Waals surface area contributed by atoms with Crippen LogP contribution in [0.3, 0.4) is 0 Å². The zero-order valence-corrected chi connectivity index (χ0v) is 17.4. The van der Waals surface area contributed by atoms with Crippen molar-refractivity contribution in [3.8, 4) is 0 Å². The molecule has 0 radical (unpaired) electrons. The standard InChI is InChI=1S/C21H29FN4O3/c1-6-24-14(2)28-19(25-23)16-7-8-17(18(22)13-16)15-9-11-26(12-10-15)20(27)29-21(3,4)5/h7-9,13,24H,2,6,10-12,23H2,1,3-5H3/b25-19-. The lowest BCUT2D eigenvalue weighted by molar-refractivity contribution is 0.0270. The topological polar surface area (TPSA) is 89.2 Å². The van der Waals surface area contributed by atoms with Gasteiger partial charge in [0.1, 0.15) is 11.4 Å². The van der Waals surface area contributed by atoms with Crippen molar-refractivity contribution in [1.82, 2.24) is 10.2 Å². The molecule has 0 fully saturated rings. The third-order valence-electron chi connectivity index (χ3n) is 4.13. The van der Waals surface area contributed by atoms with Crippen molar-refractivity contribution in [1.29, 1.82) is 0 Å². The number of amides is 1. The SMILES string of the molecule is C=C(NCC)O/C(=N\N)c1ccc(C2=CCN(C(=O)OC(C)(C)C)CC2)c(F)c1. The lowest BCUT2D eigenvalue weighted by Gasteiger charge is -2.29. The number of nitrogens with zero attached hydrogens (tertiary/aromatic N) is 2. The summed E-state index contributed by atoms with van der Waals surface area (Å²) in [4.78, 5) is 13.8. The van der Waals surface area contributed by atoms with E-state index in [1.54, 1.807) is 17.0 Å². The average Bonchev–Trinajstić information content (AvgIpc) is 2.65. The Morgan fingerprint density at radius 2 is 2.14 bits per heavy atom. The maximum absolute atomic E-state index is 14.8. The smallest absolute Gasteiger partial charge is 0.410 e. The minimum atomic E-state index is -0.550. The van der Waals surface area contributed by atoms with Gasteiger partial charge in [-0.3, -0.25) is 0 Å². The van der Waals surface area contributed by atoms with Gasteiger partial charge < -0.3 is 25.5 Å². The first-order valence-electron chi connectivity index (χ1n) is 9.50. The van der Waals surface area contributed by atoms with Gasteiger partial charge in [0.2, 0.25) is 5.90 Å². The lowest BCUT2D eigenvalue weighted by Crippen LogP contribution is -2.39. The van der Waals surface area contributed by atoms with Gasteiger partial charge in [0.25, 0.3) is 0 Å². The lowest BCUT2D eigenvalue weighted by atomic mass is 9.98. The predicted octanol–water partition coefficient (Wildman–Crippen LogP) is 3.57. The third-order valence-corrected chi connectivity index (χ3v) is 4.13. The van der Waals surface area contributed by atoms with E-state index in [0.717, 1.165) is 5.57 Å². The highest BCUT2D eigenvalue weighted by molar-refractivity contribution is 5.95. The second-order valence-corrected chi connectivity index (χ2v) is 7.59. The summed E-state index contributed by atoms with van der Waals surface area (Å²) >= 11 is 0. The summed E-state index contributed by atoms with van der Waals surface area (Å²) in [5.74, 6) is 5.30. The molecule has 3 N–H and O–H groups in total.